The number of alkyl halides is 1. The monoisotopic (exact) mass is 297 g/mol. The number of hydrogen-bond acceptors (Lipinski definition) is 5. The molecule has 0 aromatic carbocycles. The molecule has 1 amide bonds. The van der Waals surface area contributed by atoms with Crippen molar-refractivity contribution in [3.05, 3.63) is 0 Å². The second-order valence-electron chi connectivity index (χ2n) is 5.66. The minimum atomic E-state index is -3.62. The molecule has 0 saturated heterocycles. The highest BCUT2D eigenvalue weighted by Gasteiger charge is 2.38. The van der Waals surface area contributed by atoms with Crippen molar-refractivity contribution in [1.29, 1.82) is 0 Å². The largest absolute Gasteiger partial charge is 0.444 e. The van der Waals surface area contributed by atoms with Gasteiger partial charge in [0.15, 0.2) is 0 Å². The summed E-state index contributed by atoms with van der Waals surface area (Å²) in [6, 6.07) is -0.790. The lowest BCUT2D eigenvalue weighted by Gasteiger charge is -2.22. The van der Waals surface area contributed by atoms with Crippen LogP contribution in [0.2, 0.25) is 0 Å². The van der Waals surface area contributed by atoms with Gasteiger partial charge >= 0.3 is 6.09 Å². The van der Waals surface area contributed by atoms with Crippen LogP contribution in [0.4, 0.5) is 9.18 Å². The van der Waals surface area contributed by atoms with E-state index in [-0.39, 0.29) is 12.8 Å². The fourth-order valence-corrected chi connectivity index (χ4v) is 2.53. The number of alkyl carbamates (subject to hydrolysis) is 1. The van der Waals surface area contributed by atoms with Crippen LogP contribution in [0, 0.1) is 0 Å². The van der Waals surface area contributed by atoms with Gasteiger partial charge in [0.25, 0.3) is 10.1 Å². The van der Waals surface area contributed by atoms with Gasteiger partial charge in [0.1, 0.15) is 11.8 Å². The van der Waals surface area contributed by atoms with E-state index in [9.17, 15) is 17.6 Å². The van der Waals surface area contributed by atoms with Gasteiger partial charge < -0.3 is 10.1 Å². The number of rotatable bonds is 3. The van der Waals surface area contributed by atoms with Gasteiger partial charge in [0.05, 0.1) is 18.4 Å². The SMILES string of the molecule is CC(C)(C)OC(=O)N[C@@H]1CC(OS(C)(=O)=O)C[C@H]1F. The zero-order valence-electron chi connectivity index (χ0n) is 11.5. The predicted molar refractivity (Wildman–Crippen MR) is 67.0 cm³/mol. The molecule has 6 nitrogen and oxygen atoms in total. The van der Waals surface area contributed by atoms with Crippen molar-refractivity contribution in [3.8, 4) is 0 Å². The predicted octanol–water partition coefficient (Wildman–Crippen LogP) is 1.36. The highest BCUT2D eigenvalue weighted by atomic mass is 32.2. The Morgan fingerprint density at radius 3 is 2.37 bits per heavy atom. The van der Waals surface area contributed by atoms with E-state index in [0.29, 0.717) is 0 Å². The molecule has 19 heavy (non-hydrogen) atoms. The normalized spacial score (nSPS) is 28.2. The van der Waals surface area contributed by atoms with Gasteiger partial charge in [-0.2, -0.15) is 8.42 Å². The maximum atomic E-state index is 13.7. The van der Waals surface area contributed by atoms with Crippen LogP contribution in [-0.2, 0) is 19.0 Å². The van der Waals surface area contributed by atoms with E-state index in [1.807, 2.05) is 0 Å². The molecule has 0 aliphatic heterocycles. The van der Waals surface area contributed by atoms with Gasteiger partial charge in [-0.15, -0.1) is 0 Å². The van der Waals surface area contributed by atoms with Crippen molar-refractivity contribution in [1.82, 2.24) is 5.32 Å². The highest BCUT2D eigenvalue weighted by molar-refractivity contribution is 7.86. The van der Waals surface area contributed by atoms with Gasteiger partial charge in [0, 0.05) is 6.42 Å². The number of halogens is 1. The topological polar surface area (TPSA) is 81.7 Å². The fourth-order valence-electron chi connectivity index (χ4n) is 1.88. The molecule has 1 aliphatic carbocycles. The van der Waals surface area contributed by atoms with Gasteiger partial charge in [-0.1, -0.05) is 0 Å². The molecule has 1 fully saturated rings. The Hall–Kier alpha value is -0.890. The molecule has 0 heterocycles. The molecule has 1 aliphatic rings. The summed E-state index contributed by atoms with van der Waals surface area (Å²) in [6.45, 7) is 5.09. The Morgan fingerprint density at radius 2 is 1.89 bits per heavy atom. The number of hydrogen-bond donors (Lipinski definition) is 1. The van der Waals surface area contributed by atoms with Gasteiger partial charge in [-0.3, -0.25) is 4.18 Å². The summed E-state index contributed by atoms with van der Waals surface area (Å²) in [5.74, 6) is 0. The van der Waals surface area contributed by atoms with Crippen LogP contribution in [0.1, 0.15) is 33.6 Å². The van der Waals surface area contributed by atoms with Gasteiger partial charge in [-0.25, -0.2) is 9.18 Å². The summed E-state index contributed by atoms with van der Waals surface area (Å²) in [4.78, 5) is 11.5. The summed E-state index contributed by atoms with van der Waals surface area (Å²) < 4.78 is 45.3. The summed E-state index contributed by atoms with van der Waals surface area (Å²) in [5.41, 5.74) is -0.669. The molecule has 1 saturated carbocycles. The van der Waals surface area contributed by atoms with Crippen molar-refractivity contribution in [2.45, 2.75) is 57.5 Å². The molecule has 3 atom stereocenters. The molecule has 1 unspecified atom stereocenters. The molecule has 0 aromatic rings. The lowest BCUT2D eigenvalue weighted by atomic mass is 10.2. The number of amides is 1. The first-order valence-electron chi connectivity index (χ1n) is 5.98. The third-order valence-electron chi connectivity index (χ3n) is 2.45. The molecule has 8 heteroatoms. The van der Waals surface area contributed by atoms with E-state index >= 15 is 0 Å². The quantitative estimate of drug-likeness (QED) is 0.795. The Labute approximate surface area is 112 Å². The highest BCUT2D eigenvalue weighted by Crippen LogP contribution is 2.26. The molecule has 0 spiro atoms. The van der Waals surface area contributed by atoms with E-state index in [0.717, 1.165) is 6.26 Å². The van der Waals surface area contributed by atoms with Crippen LogP contribution in [-0.4, -0.2) is 44.7 Å². The summed E-state index contributed by atoms with van der Waals surface area (Å²) >= 11 is 0. The van der Waals surface area contributed by atoms with Gasteiger partial charge in [0.2, 0.25) is 0 Å². The van der Waals surface area contributed by atoms with E-state index in [2.05, 4.69) is 5.32 Å². The third kappa shape index (κ3) is 6.20. The third-order valence-corrected chi connectivity index (χ3v) is 3.08. The average molecular weight is 297 g/mol. The minimum Gasteiger partial charge on any atom is -0.444 e. The van der Waals surface area contributed by atoms with Crippen LogP contribution in [0.25, 0.3) is 0 Å². The first-order chi connectivity index (χ1) is 8.46. The Bertz CT molecular complexity index is 431. The van der Waals surface area contributed by atoms with Crippen molar-refractivity contribution in [3.63, 3.8) is 0 Å². The second kappa shape index (κ2) is 5.62. The maximum Gasteiger partial charge on any atom is 0.407 e. The van der Waals surface area contributed by atoms with E-state index in [1.165, 1.54) is 0 Å². The molecular weight excluding hydrogens is 277 g/mol. The van der Waals surface area contributed by atoms with Crippen molar-refractivity contribution < 1.29 is 26.5 Å². The van der Waals surface area contributed by atoms with Crippen LogP contribution >= 0.6 is 0 Å². The number of ether oxygens (including phenoxy) is 1. The van der Waals surface area contributed by atoms with Crippen LogP contribution in [0.5, 0.6) is 0 Å². The van der Waals surface area contributed by atoms with E-state index in [4.69, 9.17) is 8.92 Å². The fraction of sp³-hybridized carbons (Fsp3) is 0.909. The first kappa shape index (κ1) is 16.2. The molecule has 1 N–H and O–H groups in total. The molecule has 1 rings (SSSR count). The molecule has 112 valence electrons. The zero-order chi connectivity index (χ0) is 14.8. The van der Waals surface area contributed by atoms with Crippen LogP contribution in [0.15, 0.2) is 0 Å². The lowest BCUT2D eigenvalue weighted by molar-refractivity contribution is 0.0483. The number of carbonyl (C=O) groups excluding carboxylic acids is 1. The second-order valence-corrected chi connectivity index (χ2v) is 7.26. The summed E-state index contributed by atoms with van der Waals surface area (Å²) in [7, 11) is -3.62. The maximum absolute atomic E-state index is 13.7. The lowest BCUT2D eigenvalue weighted by Crippen LogP contribution is -2.41. The smallest absolute Gasteiger partial charge is 0.407 e. The first-order valence-corrected chi connectivity index (χ1v) is 7.80. The van der Waals surface area contributed by atoms with E-state index in [1.54, 1.807) is 20.8 Å². The summed E-state index contributed by atoms with van der Waals surface area (Å²) in [5, 5.41) is 2.39. The van der Waals surface area contributed by atoms with Crippen molar-refractivity contribution >= 4 is 16.2 Å². The Morgan fingerprint density at radius 1 is 1.32 bits per heavy atom. The number of nitrogens with one attached hydrogen (secondary N) is 1. The summed E-state index contributed by atoms with van der Waals surface area (Å²) in [6.07, 6.45) is -1.86. The van der Waals surface area contributed by atoms with Crippen LogP contribution in [0.3, 0.4) is 0 Å². The Balaban J connectivity index is 2.50. The molecular formula is C11H20FNO5S. The van der Waals surface area contributed by atoms with Gasteiger partial charge in [-0.05, 0) is 27.2 Å². The van der Waals surface area contributed by atoms with Crippen molar-refractivity contribution in [2.75, 3.05) is 6.26 Å². The molecule has 0 bridgehead atoms. The number of carbonyl (C=O) groups is 1. The average Bonchev–Trinajstić information content (AvgIpc) is 2.39. The zero-order valence-corrected chi connectivity index (χ0v) is 12.3. The minimum absolute atomic E-state index is 0.0620. The molecule has 0 radical (unpaired) electrons. The standard InChI is InChI=1S/C11H20FNO5S/c1-11(2,3)17-10(14)13-9-6-7(5-8(9)12)18-19(4,15)16/h7-9H,5-6H2,1-4H3,(H,13,14)/t7?,8-,9-/m1/s1. The molecule has 0 aromatic heterocycles. The van der Waals surface area contributed by atoms with E-state index < -0.39 is 40.1 Å². The Kier molecular flexibility index (Phi) is 4.78. The van der Waals surface area contributed by atoms with Crippen molar-refractivity contribution in [2.24, 2.45) is 0 Å². The van der Waals surface area contributed by atoms with Crippen LogP contribution < -0.4 is 5.32 Å².